The van der Waals surface area contributed by atoms with E-state index >= 15 is 0 Å². The topological polar surface area (TPSA) is 78.4 Å². The van der Waals surface area contributed by atoms with Gasteiger partial charge in [0.1, 0.15) is 5.82 Å². The lowest BCUT2D eigenvalue weighted by Crippen LogP contribution is -2.31. The van der Waals surface area contributed by atoms with Gasteiger partial charge in [-0.3, -0.25) is 19.4 Å². The van der Waals surface area contributed by atoms with Crippen molar-refractivity contribution in [3.05, 3.63) is 35.0 Å². The van der Waals surface area contributed by atoms with Crippen LogP contribution >= 0.6 is 11.3 Å². The zero-order chi connectivity index (χ0) is 18.7. The van der Waals surface area contributed by atoms with Gasteiger partial charge in [0.2, 0.25) is 11.8 Å². The Morgan fingerprint density at radius 1 is 1.38 bits per heavy atom. The maximum Gasteiger partial charge on any atom is 0.239 e. The van der Waals surface area contributed by atoms with Crippen LogP contribution in [-0.2, 0) is 16.1 Å². The molecule has 7 nitrogen and oxygen atoms in total. The molecule has 0 atom stereocenters. The number of hydrogen-bond donors (Lipinski definition) is 1. The molecule has 0 unspecified atom stereocenters. The smallest absolute Gasteiger partial charge is 0.239 e. The maximum absolute atomic E-state index is 12.2. The Bertz CT molecular complexity index is 802. The van der Waals surface area contributed by atoms with E-state index < -0.39 is 0 Å². The van der Waals surface area contributed by atoms with E-state index in [1.54, 1.807) is 18.0 Å². The fourth-order valence-corrected chi connectivity index (χ4v) is 3.65. The van der Waals surface area contributed by atoms with Crippen LogP contribution < -0.4 is 10.2 Å². The van der Waals surface area contributed by atoms with E-state index in [1.165, 1.54) is 11.3 Å². The Balaban J connectivity index is 1.54. The second-order valence-corrected chi connectivity index (χ2v) is 7.52. The van der Waals surface area contributed by atoms with Gasteiger partial charge in [0.05, 0.1) is 12.2 Å². The highest BCUT2D eigenvalue weighted by molar-refractivity contribution is 7.14. The number of carbonyl (C=O) groups excluding carboxylic acids is 2. The molecule has 2 aromatic heterocycles. The summed E-state index contributed by atoms with van der Waals surface area (Å²) in [6.07, 6.45) is 3.76. The molecule has 2 amide bonds. The third-order valence-corrected chi connectivity index (χ3v) is 4.91. The number of pyridine rings is 1. The summed E-state index contributed by atoms with van der Waals surface area (Å²) in [5, 5.41) is 5.49. The average molecular weight is 373 g/mol. The van der Waals surface area contributed by atoms with Crippen LogP contribution in [0.1, 0.15) is 31.0 Å². The van der Waals surface area contributed by atoms with Gasteiger partial charge in [-0.05, 0) is 44.5 Å². The second-order valence-electron chi connectivity index (χ2n) is 6.68. The summed E-state index contributed by atoms with van der Waals surface area (Å²) < 4.78 is 0. The van der Waals surface area contributed by atoms with Crippen LogP contribution in [0, 0.1) is 6.92 Å². The van der Waals surface area contributed by atoms with Crippen molar-refractivity contribution >= 4 is 34.1 Å². The van der Waals surface area contributed by atoms with Crippen LogP contribution in [0.4, 0.5) is 10.9 Å². The molecule has 0 radical (unpaired) electrons. The van der Waals surface area contributed by atoms with Crippen molar-refractivity contribution in [2.45, 2.75) is 39.3 Å². The predicted molar refractivity (Wildman–Crippen MR) is 102 cm³/mol. The van der Waals surface area contributed by atoms with E-state index in [0.29, 0.717) is 18.4 Å². The number of carbonyl (C=O) groups is 2. The molecule has 1 fully saturated rings. The molecular weight excluding hydrogens is 350 g/mol. The van der Waals surface area contributed by atoms with E-state index in [9.17, 15) is 9.59 Å². The predicted octanol–water partition coefficient (Wildman–Crippen LogP) is 2.43. The SMILES string of the molecule is CC(=O)N(c1nc(CN(C)CC(=O)Nc2cc(C)ccn2)cs1)C1CC1. The highest BCUT2D eigenvalue weighted by Crippen LogP contribution is 2.33. The van der Waals surface area contributed by atoms with Crippen LogP contribution in [-0.4, -0.2) is 46.3 Å². The minimum atomic E-state index is -0.121. The van der Waals surface area contributed by atoms with Crippen molar-refractivity contribution in [1.82, 2.24) is 14.9 Å². The molecule has 1 saturated carbocycles. The normalized spacial score (nSPS) is 13.7. The number of rotatable bonds is 7. The van der Waals surface area contributed by atoms with Gasteiger partial charge in [-0.15, -0.1) is 11.3 Å². The fraction of sp³-hybridized carbons (Fsp3) is 0.444. The molecule has 0 aliphatic heterocycles. The van der Waals surface area contributed by atoms with Crippen LogP contribution in [0.2, 0.25) is 0 Å². The second kappa shape index (κ2) is 7.92. The molecule has 0 saturated heterocycles. The number of thiazole rings is 1. The molecule has 1 N–H and O–H groups in total. The lowest BCUT2D eigenvalue weighted by Gasteiger charge is -2.17. The van der Waals surface area contributed by atoms with Gasteiger partial charge < -0.3 is 5.32 Å². The lowest BCUT2D eigenvalue weighted by molar-refractivity contribution is -0.117. The van der Waals surface area contributed by atoms with Gasteiger partial charge in [-0.1, -0.05) is 0 Å². The Kier molecular flexibility index (Phi) is 5.63. The third kappa shape index (κ3) is 4.86. The lowest BCUT2D eigenvalue weighted by atomic mass is 10.3. The first kappa shape index (κ1) is 18.5. The van der Waals surface area contributed by atoms with Gasteiger partial charge in [0, 0.05) is 31.1 Å². The summed E-state index contributed by atoms with van der Waals surface area (Å²) in [5.41, 5.74) is 1.91. The quantitative estimate of drug-likeness (QED) is 0.806. The first-order valence-electron chi connectivity index (χ1n) is 8.57. The molecule has 8 heteroatoms. The number of aryl methyl sites for hydroxylation is 1. The highest BCUT2D eigenvalue weighted by Gasteiger charge is 2.33. The monoisotopic (exact) mass is 373 g/mol. The largest absolute Gasteiger partial charge is 0.310 e. The van der Waals surface area contributed by atoms with Crippen molar-refractivity contribution < 1.29 is 9.59 Å². The molecule has 26 heavy (non-hydrogen) atoms. The van der Waals surface area contributed by atoms with E-state index in [-0.39, 0.29) is 18.4 Å². The first-order chi connectivity index (χ1) is 12.4. The maximum atomic E-state index is 12.2. The molecule has 1 aliphatic carbocycles. The zero-order valence-corrected chi connectivity index (χ0v) is 16.0. The summed E-state index contributed by atoms with van der Waals surface area (Å²) in [6.45, 7) is 4.31. The number of nitrogens with zero attached hydrogens (tertiary/aromatic N) is 4. The van der Waals surface area contributed by atoms with Gasteiger partial charge in [-0.25, -0.2) is 9.97 Å². The van der Waals surface area contributed by atoms with Gasteiger partial charge in [0.25, 0.3) is 0 Å². The number of nitrogens with one attached hydrogen (secondary N) is 1. The van der Waals surface area contributed by atoms with E-state index in [1.807, 2.05) is 36.4 Å². The first-order valence-corrected chi connectivity index (χ1v) is 9.45. The highest BCUT2D eigenvalue weighted by atomic mass is 32.1. The van der Waals surface area contributed by atoms with Crippen molar-refractivity contribution in [2.75, 3.05) is 23.8 Å². The van der Waals surface area contributed by atoms with Crippen molar-refractivity contribution in [1.29, 1.82) is 0 Å². The minimum absolute atomic E-state index is 0.0341. The molecule has 1 aliphatic rings. The summed E-state index contributed by atoms with van der Waals surface area (Å²) in [5.74, 6) is 0.470. The van der Waals surface area contributed by atoms with Crippen LogP contribution in [0.15, 0.2) is 23.7 Å². The molecule has 0 spiro atoms. The molecular formula is C18H23N5O2S. The van der Waals surface area contributed by atoms with Crippen molar-refractivity contribution in [3.8, 4) is 0 Å². The molecule has 2 aromatic rings. The minimum Gasteiger partial charge on any atom is -0.310 e. The number of likely N-dealkylation sites (N-methyl/N-ethyl adjacent to an activating group) is 1. The van der Waals surface area contributed by atoms with E-state index in [4.69, 9.17) is 0 Å². The Morgan fingerprint density at radius 2 is 2.15 bits per heavy atom. The number of anilines is 2. The van der Waals surface area contributed by atoms with Crippen LogP contribution in [0.5, 0.6) is 0 Å². The fourth-order valence-electron chi connectivity index (χ4n) is 2.72. The molecule has 3 rings (SSSR count). The van der Waals surface area contributed by atoms with E-state index in [0.717, 1.165) is 29.2 Å². The van der Waals surface area contributed by atoms with Crippen LogP contribution in [0.25, 0.3) is 0 Å². The zero-order valence-electron chi connectivity index (χ0n) is 15.2. The Labute approximate surface area is 157 Å². The molecule has 0 bridgehead atoms. The Morgan fingerprint density at radius 3 is 2.81 bits per heavy atom. The number of aromatic nitrogens is 2. The number of amides is 2. The molecule has 2 heterocycles. The third-order valence-electron chi connectivity index (χ3n) is 4.03. The van der Waals surface area contributed by atoms with Crippen LogP contribution in [0.3, 0.4) is 0 Å². The summed E-state index contributed by atoms with van der Waals surface area (Å²) in [7, 11) is 1.87. The van der Waals surface area contributed by atoms with Gasteiger partial charge >= 0.3 is 0 Å². The molecule has 0 aromatic carbocycles. The summed E-state index contributed by atoms with van der Waals surface area (Å²) in [4.78, 5) is 36.4. The van der Waals surface area contributed by atoms with Gasteiger partial charge in [0.15, 0.2) is 5.13 Å². The average Bonchev–Trinajstić information content (AvgIpc) is 3.26. The number of hydrogen-bond acceptors (Lipinski definition) is 6. The van der Waals surface area contributed by atoms with Gasteiger partial charge in [-0.2, -0.15) is 0 Å². The van der Waals surface area contributed by atoms with Crippen molar-refractivity contribution in [2.24, 2.45) is 0 Å². The Hall–Kier alpha value is -2.32. The van der Waals surface area contributed by atoms with E-state index in [2.05, 4.69) is 15.3 Å². The molecule has 138 valence electrons. The summed E-state index contributed by atoms with van der Waals surface area (Å²) >= 11 is 1.48. The standard InChI is InChI=1S/C18H23N5O2S/c1-12-6-7-19-16(8-12)21-17(25)10-22(3)9-14-11-26-18(20-14)23(13(2)24)15-4-5-15/h6-8,11,15H,4-5,9-10H2,1-3H3,(H,19,21,25). The van der Waals surface area contributed by atoms with Crippen molar-refractivity contribution in [3.63, 3.8) is 0 Å². The summed E-state index contributed by atoms with van der Waals surface area (Å²) in [6, 6.07) is 4.02.